The molecule has 3 aromatic carbocycles. The van der Waals surface area contributed by atoms with Gasteiger partial charge in [0.05, 0.1) is 11.4 Å². The third-order valence-electron chi connectivity index (χ3n) is 3.62. The highest BCUT2D eigenvalue weighted by Gasteiger charge is 2.13. The Balaban J connectivity index is 2.18. The molecule has 0 aliphatic heterocycles. The van der Waals surface area contributed by atoms with Gasteiger partial charge in [0.2, 0.25) is 0 Å². The fraction of sp³-hybridized carbons (Fsp3) is 0.0500. The summed E-state index contributed by atoms with van der Waals surface area (Å²) in [5.41, 5.74) is 3.63. The van der Waals surface area contributed by atoms with E-state index in [2.05, 4.69) is 4.99 Å². The van der Waals surface area contributed by atoms with Crippen LogP contribution in [0.4, 0.5) is 5.69 Å². The average molecular weight is 319 g/mol. The van der Waals surface area contributed by atoms with Crippen LogP contribution in [0, 0.1) is 6.92 Å². The van der Waals surface area contributed by atoms with Gasteiger partial charge < -0.3 is 15.3 Å². The maximum absolute atomic E-state index is 10.2. The molecule has 4 heteroatoms. The van der Waals surface area contributed by atoms with Gasteiger partial charge in [-0.2, -0.15) is 0 Å². The van der Waals surface area contributed by atoms with Crippen LogP contribution >= 0.6 is 0 Å². The monoisotopic (exact) mass is 319 g/mol. The summed E-state index contributed by atoms with van der Waals surface area (Å²) in [4.78, 5) is 4.67. The molecule has 0 aromatic heterocycles. The number of phenolic OH excluding ortho intramolecular Hbond substituents is 3. The smallest absolute Gasteiger partial charge is 0.128 e. The number of hydrogen-bond acceptors (Lipinski definition) is 4. The van der Waals surface area contributed by atoms with E-state index >= 15 is 0 Å². The van der Waals surface area contributed by atoms with Crippen molar-refractivity contribution in [2.24, 2.45) is 4.99 Å². The van der Waals surface area contributed by atoms with Crippen LogP contribution < -0.4 is 0 Å². The minimum absolute atomic E-state index is 0.0168. The largest absolute Gasteiger partial charge is 0.508 e. The quantitative estimate of drug-likeness (QED) is 0.631. The average Bonchev–Trinajstić information content (AvgIpc) is 2.54. The van der Waals surface area contributed by atoms with Crippen LogP contribution in [0.15, 0.2) is 71.7 Å². The summed E-state index contributed by atoms with van der Waals surface area (Å²) in [5.74, 6) is 0.0786. The minimum atomic E-state index is -0.0607. The lowest BCUT2D eigenvalue weighted by Gasteiger charge is -2.10. The van der Waals surface area contributed by atoms with Crippen LogP contribution in [0.5, 0.6) is 17.2 Å². The Morgan fingerprint density at radius 1 is 0.792 bits per heavy atom. The fourth-order valence-corrected chi connectivity index (χ4v) is 2.45. The lowest BCUT2D eigenvalue weighted by Crippen LogP contribution is -2.03. The summed E-state index contributed by atoms with van der Waals surface area (Å²) in [7, 11) is 0. The Morgan fingerprint density at radius 3 is 2.17 bits per heavy atom. The first kappa shape index (κ1) is 15.6. The Morgan fingerprint density at radius 2 is 1.50 bits per heavy atom. The summed E-state index contributed by atoms with van der Waals surface area (Å²) in [6, 6.07) is 18.7. The van der Waals surface area contributed by atoms with E-state index in [1.54, 1.807) is 30.3 Å². The lowest BCUT2D eigenvalue weighted by molar-refractivity contribution is 0.450. The third-order valence-corrected chi connectivity index (χ3v) is 3.62. The fourth-order valence-electron chi connectivity index (χ4n) is 2.45. The van der Waals surface area contributed by atoms with E-state index < -0.39 is 0 Å². The van der Waals surface area contributed by atoms with Crippen LogP contribution in [0.2, 0.25) is 0 Å². The van der Waals surface area contributed by atoms with Crippen molar-refractivity contribution in [1.82, 2.24) is 0 Å². The summed E-state index contributed by atoms with van der Waals surface area (Å²) >= 11 is 0. The number of hydrogen-bond donors (Lipinski definition) is 3. The molecule has 0 spiro atoms. The number of nitrogens with zero attached hydrogens (tertiary/aromatic N) is 1. The zero-order valence-electron chi connectivity index (χ0n) is 13.1. The number of aliphatic imine (C=N–C) groups is 1. The molecule has 0 radical (unpaired) electrons. The first-order valence-corrected chi connectivity index (χ1v) is 7.50. The summed E-state index contributed by atoms with van der Waals surface area (Å²) in [6.45, 7) is 1.98. The van der Waals surface area contributed by atoms with Gasteiger partial charge in [-0.15, -0.1) is 0 Å². The normalized spacial score (nSPS) is 11.5. The van der Waals surface area contributed by atoms with Crippen molar-refractivity contribution >= 4 is 11.4 Å². The van der Waals surface area contributed by atoms with Crippen molar-refractivity contribution in [3.05, 3.63) is 83.4 Å². The molecule has 0 bridgehead atoms. The van der Waals surface area contributed by atoms with E-state index in [-0.39, 0.29) is 17.2 Å². The van der Waals surface area contributed by atoms with Gasteiger partial charge in [0.1, 0.15) is 17.2 Å². The second-order valence-corrected chi connectivity index (χ2v) is 5.55. The molecule has 0 fully saturated rings. The number of phenols is 3. The number of rotatable bonds is 3. The van der Waals surface area contributed by atoms with E-state index in [0.717, 1.165) is 16.8 Å². The van der Waals surface area contributed by atoms with Crippen molar-refractivity contribution in [3.8, 4) is 17.2 Å². The Bertz CT molecular complexity index is 899. The minimum Gasteiger partial charge on any atom is -0.508 e. The predicted octanol–water partition coefficient (Wildman–Crippen LogP) is 4.28. The first-order chi connectivity index (χ1) is 11.5. The molecule has 3 aromatic rings. The van der Waals surface area contributed by atoms with Crippen molar-refractivity contribution in [1.29, 1.82) is 0 Å². The highest BCUT2D eigenvalue weighted by atomic mass is 16.3. The van der Waals surface area contributed by atoms with Crippen LogP contribution in [-0.4, -0.2) is 21.0 Å². The molecular formula is C20H17NO3. The molecule has 4 nitrogen and oxygen atoms in total. The van der Waals surface area contributed by atoms with Gasteiger partial charge in [-0.25, -0.2) is 4.99 Å². The van der Waals surface area contributed by atoms with Crippen LogP contribution in [0.1, 0.15) is 16.7 Å². The van der Waals surface area contributed by atoms with E-state index in [9.17, 15) is 15.3 Å². The van der Waals surface area contributed by atoms with Gasteiger partial charge in [-0.3, -0.25) is 0 Å². The van der Waals surface area contributed by atoms with Gasteiger partial charge in [0.25, 0.3) is 0 Å². The summed E-state index contributed by atoms with van der Waals surface area (Å²) < 4.78 is 0. The van der Waals surface area contributed by atoms with Gasteiger partial charge in [-0.05, 0) is 61.0 Å². The molecule has 0 amide bonds. The molecule has 0 saturated heterocycles. The molecule has 3 rings (SSSR count). The second kappa shape index (κ2) is 6.46. The van der Waals surface area contributed by atoms with E-state index in [1.807, 2.05) is 31.2 Å². The van der Waals surface area contributed by atoms with Gasteiger partial charge in [0, 0.05) is 17.2 Å². The standard InChI is InChI=1S/C20H17NO3/c1-13-3-2-4-15(11-13)21-20(14-5-7-16(22)8-6-14)18-10-9-17(23)12-19(18)24/h2-12,22-24H,1H3. The Kier molecular flexibility index (Phi) is 4.20. The molecule has 0 saturated carbocycles. The second-order valence-electron chi connectivity index (χ2n) is 5.55. The summed E-state index contributed by atoms with van der Waals surface area (Å²) in [5, 5.41) is 29.2. The zero-order chi connectivity index (χ0) is 17.1. The van der Waals surface area contributed by atoms with Gasteiger partial charge in [0.15, 0.2) is 0 Å². The molecular weight excluding hydrogens is 302 g/mol. The van der Waals surface area contributed by atoms with Gasteiger partial charge in [-0.1, -0.05) is 12.1 Å². The molecule has 0 atom stereocenters. The molecule has 0 heterocycles. The van der Waals surface area contributed by atoms with Crippen LogP contribution in [0.25, 0.3) is 0 Å². The van der Waals surface area contributed by atoms with Gasteiger partial charge >= 0.3 is 0 Å². The molecule has 24 heavy (non-hydrogen) atoms. The maximum atomic E-state index is 10.2. The van der Waals surface area contributed by atoms with Crippen molar-refractivity contribution in [2.45, 2.75) is 6.92 Å². The SMILES string of the molecule is Cc1cccc(N=C(c2ccc(O)cc2)c2ccc(O)cc2O)c1. The molecule has 120 valence electrons. The van der Waals surface area contributed by atoms with Crippen molar-refractivity contribution in [2.75, 3.05) is 0 Å². The maximum Gasteiger partial charge on any atom is 0.128 e. The molecule has 0 aliphatic carbocycles. The zero-order valence-corrected chi connectivity index (χ0v) is 13.1. The molecule has 3 N–H and O–H groups in total. The molecule has 0 unspecified atom stereocenters. The van der Waals surface area contributed by atoms with Crippen molar-refractivity contribution in [3.63, 3.8) is 0 Å². The topological polar surface area (TPSA) is 73.1 Å². The predicted molar refractivity (Wildman–Crippen MR) is 94.4 cm³/mol. The number of benzene rings is 3. The van der Waals surface area contributed by atoms with E-state index in [4.69, 9.17) is 0 Å². The van der Waals surface area contributed by atoms with Crippen LogP contribution in [0.3, 0.4) is 0 Å². The summed E-state index contributed by atoms with van der Waals surface area (Å²) in [6.07, 6.45) is 0. The van der Waals surface area contributed by atoms with Crippen molar-refractivity contribution < 1.29 is 15.3 Å². The molecule has 0 aliphatic rings. The third kappa shape index (κ3) is 3.38. The highest BCUT2D eigenvalue weighted by molar-refractivity contribution is 6.15. The number of aromatic hydroxyl groups is 3. The Labute approximate surface area is 140 Å². The van der Waals surface area contributed by atoms with E-state index in [1.165, 1.54) is 12.1 Å². The first-order valence-electron chi connectivity index (χ1n) is 7.50. The number of aryl methyl sites for hydroxylation is 1. The lowest BCUT2D eigenvalue weighted by atomic mass is 10.0. The Hall–Kier alpha value is -3.27. The highest BCUT2D eigenvalue weighted by Crippen LogP contribution is 2.28. The van der Waals surface area contributed by atoms with Crippen LogP contribution in [-0.2, 0) is 0 Å². The van der Waals surface area contributed by atoms with E-state index in [0.29, 0.717) is 11.3 Å².